The molecule has 0 aromatic rings. The summed E-state index contributed by atoms with van der Waals surface area (Å²) in [6.07, 6.45) is 10.2. The first-order valence-corrected chi connectivity index (χ1v) is 3.76. The van der Waals surface area contributed by atoms with E-state index in [0.717, 1.165) is 5.57 Å². The lowest BCUT2D eigenvalue weighted by atomic mass is 9.90. The lowest BCUT2D eigenvalue weighted by Gasteiger charge is -2.24. The quantitative estimate of drug-likeness (QED) is 0.581. The van der Waals surface area contributed by atoms with Crippen LogP contribution in [0.15, 0.2) is 41.4 Å². The van der Waals surface area contributed by atoms with E-state index in [-0.39, 0.29) is 0 Å². The molecule has 2 aliphatic rings. The van der Waals surface area contributed by atoms with Crippen molar-refractivity contribution >= 4 is 6.21 Å². The molecule has 0 aliphatic carbocycles. The molecule has 12 heavy (non-hydrogen) atoms. The summed E-state index contributed by atoms with van der Waals surface area (Å²) in [7, 11) is 0. The van der Waals surface area contributed by atoms with Crippen LogP contribution < -0.4 is 0 Å². The third-order valence-electron chi connectivity index (χ3n) is 1.97. The number of aliphatic imine (C=N–C) groups is 1. The third kappa shape index (κ3) is 1.08. The van der Waals surface area contributed by atoms with Crippen molar-refractivity contribution in [1.29, 1.82) is 0 Å². The second-order valence-electron chi connectivity index (χ2n) is 2.79. The maximum Gasteiger partial charge on any atom is 0.117 e. The minimum absolute atomic E-state index is 0.503. The van der Waals surface area contributed by atoms with Crippen LogP contribution in [0.5, 0.6) is 0 Å². The molecule has 0 aromatic heterocycles. The third-order valence-corrected chi connectivity index (χ3v) is 1.97. The lowest BCUT2D eigenvalue weighted by Crippen LogP contribution is -2.29. The Bertz CT molecular complexity index is 302. The van der Waals surface area contributed by atoms with Crippen LogP contribution >= 0.6 is 0 Å². The lowest BCUT2D eigenvalue weighted by molar-refractivity contribution is 0.140. The molecule has 0 radical (unpaired) electrons. The standard InChI is InChI=1S/C9H9NO2/c11-9-2-4-10-7-8(9)1-5-12-6-3-9/h1,3-7,11H,2H2. The van der Waals surface area contributed by atoms with Crippen LogP contribution in [-0.2, 0) is 4.74 Å². The predicted octanol–water partition coefficient (Wildman–Crippen LogP) is 1.13. The van der Waals surface area contributed by atoms with E-state index in [1.807, 2.05) is 0 Å². The van der Waals surface area contributed by atoms with E-state index in [1.54, 1.807) is 24.6 Å². The van der Waals surface area contributed by atoms with Crippen molar-refractivity contribution in [2.45, 2.75) is 12.0 Å². The average Bonchev–Trinajstić information content (AvgIpc) is 2.25. The predicted molar refractivity (Wildman–Crippen MR) is 45.5 cm³/mol. The van der Waals surface area contributed by atoms with Crippen molar-refractivity contribution in [2.24, 2.45) is 4.99 Å². The Morgan fingerprint density at radius 2 is 2.42 bits per heavy atom. The van der Waals surface area contributed by atoms with Crippen molar-refractivity contribution in [2.75, 3.05) is 0 Å². The summed E-state index contributed by atoms with van der Waals surface area (Å²) in [5, 5.41) is 9.99. The summed E-state index contributed by atoms with van der Waals surface area (Å²) in [5.74, 6) is 0. The molecule has 1 unspecified atom stereocenters. The molecule has 3 nitrogen and oxygen atoms in total. The highest BCUT2D eigenvalue weighted by Gasteiger charge is 2.29. The molecule has 0 saturated carbocycles. The molecule has 2 heterocycles. The number of nitrogens with zero attached hydrogens (tertiary/aromatic N) is 1. The second-order valence-corrected chi connectivity index (χ2v) is 2.79. The van der Waals surface area contributed by atoms with Crippen LogP contribution in [-0.4, -0.2) is 16.9 Å². The molecule has 0 aromatic carbocycles. The monoisotopic (exact) mass is 163 g/mol. The number of aliphatic hydroxyl groups is 1. The molecule has 0 spiro atoms. The van der Waals surface area contributed by atoms with Gasteiger partial charge in [0, 0.05) is 24.4 Å². The van der Waals surface area contributed by atoms with Crippen LogP contribution in [0, 0.1) is 0 Å². The Kier molecular flexibility index (Phi) is 1.59. The smallest absolute Gasteiger partial charge is 0.117 e. The molecule has 1 N–H and O–H groups in total. The van der Waals surface area contributed by atoms with Gasteiger partial charge in [-0.1, -0.05) is 0 Å². The number of rotatable bonds is 0. The number of hydrogen-bond donors (Lipinski definition) is 1. The van der Waals surface area contributed by atoms with Gasteiger partial charge in [-0.2, -0.15) is 0 Å². The second kappa shape index (κ2) is 2.60. The van der Waals surface area contributed by atoms with Gasteiger partial charge < -0.3 is 9.84 Å². The van der Waals surface area contributed by atoms with Crippen molar-refractivity contribution in [3.05, 3.63) is 36.4 Å². The molecular weight excluding hydrogens is 154 g/mol. The van der Waals surface area contributed by atoms with Gasteiger partial charge in [-0.15, -0.1) is 0 Å². The van der Waals surface area contributed by atoms with Gasteiger partial charge in [-0.05, 0) is 12.2 Å². The fourth-order valence-electron chi connectivity index (χ4n) is 1.22. The SMILES string of the molecule is OC12C=COC=CC1=CN=CC2. The first-order chi connectivity index (χ1) is 5.81. The average molecular weight is 163 g/mol. The fourth-order valence-corrected chi connectivity index (χ4v) is 1.22. The normalized spacial score (nSPS) is 31.9. The van der Waals surface area contributed by atoms with E-state index in [1.165, 1.54) is 12.5 Å². The van der Waals surface area contributed by atoms with Crippen molar-refractivity contribution in [1.82, 2.24) is 0 Å². The van der Waals surface area contributed by atoms with Gasteiger partial charge in [0.25, 0.3) is 0 Å². The molecular formula is C9H9NO2. The van der Waals surface area contributed by atoms with Gasteiger partial charge in [0.2, 0.25) is 0 Å². The number of fused-ring (bicyclic) bond motifs is 1. The van der Waals surface area contributed by atoms with E-state index >= 15 is 0 Å². The molecule has 62 valence electrons. The fraction of sp³-hybridized carbons (Fsp3) is 0.222. The molecule has 2 aliphatic heterocycles. The van der Waals surface area contributed by atoms with Gasteiger partial charge in [0.15, 0.2) is 0 Å². The molecule has 0 bridgehead atoms. The molecule has 2 rings (SSSR count). The summed E-state index contributed by atoms with van der Waals surface area (Å²) in [6, 6.07) is 0. The Hall–Kier alpha value is -1.35. The Balaban J connectivity index is 2.44. The van der Waals surface area contributed by atoms with Crippen LogP contribution in [0.1, 0.15) is 6.42 Å². The summed E-state index contributed by atoms with van der Waals surface area (Å²) >= 11 is 0. The van der Waals surface area contributed by atoms with E-state index < -0.39 is 5.60 Å². The van der Waals surface area contributed by atoms with E-state index in [2.05, 4.69) is 4.99 Å². The maximum atomic E-state index is 9.99. The zero-order valence-corrected chi connectivity index (χ0v) is 6.47. The van der Waals surface area contributed by atoms with Gasteiger partial charge in [0.05, 0.1) is 12.5 Å². The van der Waals surface area contributed by atoms with Gasteiger partial charge in [-0.25, -0.2) is 0 Å². The first-order valence-electron chi connectivity index (χ1n) is 3.76. The summed E-state index contributed by atoms with van der Waals surface area (Å²) in [4.78, 5) is 3.96. The minimum Gasteiger partial charge on any atom is -0.473 e. The van der Waals surface area contributed by atoms with Crippen molar-refractivity contribution in [3.8, 4) is 0 Å². The zero-order chi connectivity index (χ0) is 8.44. The minimum atomic E-state index is -0.922. The molecule has 3 heteroatoms. The Labute approximate surface area is 70.4 Å². The van der Waals surface area contributed by atoms with Gasteiger partial charge in [-0.3, -0.25) is 4.99 Å². The van der Waals surface area contributed by atoms with Crippen LogP contribution in [0.3, 0.4) is 0 Å². The summed E-state index contributed by atoms with van der Waals surface area (Å²) < 4.78 is 4.93. The zero-order valence-electron chi connectivity index (χ0n) is 6.47. The van der Waals surface area contributed by atoms with Crippen LogP contribution in [0.4, 0.5) is 0 Å². The molecule has 0 saturated heterocycles. The van der Waals surface area contributed by atoms with Gasteiger partial charge in [0.1, 0.15) is 5.60 Å². The van der Waals surface area contributed by atoms with Crippen molar-refractivity contribution < 1.29 is 9.84 Å². The topological polar surface area (TPSA) is 41.8 Å². The summed E-state index contributed by atoms with van der Waals surface area (Å²) in [5.41, 5.74) is -0.159. The Morgan fingerprint density at radius 1 is 1.50 bits per heavy atom. The highest BCUT2D eigenvalue weighted by atomic mass is 16.5. The van der Waals surface area contributed by atoms with Crippen LogP contribution in [0.2, 0.25) is 0 Å². The maximum absolute atomic E-state index is 9.99. The first kappa shape index (κ1) is 7.31. The largest absolute Gasteiger partial charge is 0.473 e. The van der Waals surface area contributed by atoms with E-state index in [9.17, 15) is 5.11 Å². The number of ether oxygens (including phenoxy) is 1. The highest BCUT2D eigenvalue weighted by molar-refractivity contribution is 5.65. The van der Waals surface area contributed by atoms with Crippen LogP contribution in [0.25, 0.3) is 0 Å². The highest BCUT2D eigenvalue weighted by Crippen LogP contribution is 2.27. The van der Waals surface area contributed by atoms with Gasteiger partial charge >= 0.3 is 0 Å². The molecule has 0 amide bonds. The Morgan fingerprint density at radius 3 is 3.33 bits per heavy atom. The van der Waals surface area contributed by atoms with Crippen molar-refractivity contribution in [3.63, 3.8) is 0 Å². The molecule has 1 atom stereocenters. The number of hydrogen-bond acceptors (Lipinski definition) is 3. The van der Waals surface area contributed by atoms with E-state index in [0.29, 0.717) is 6.42 Å². The van der Waals surface area contributed by atoms with E-state index in [4.69, 9.17) is 4.74 Å². The molecule has 0 fully saturated rings. The summed E-state index contributed by atoms with van der Waals surface area (Å²) in [6.45, 7) is 0.